The third-order valence-electron chi connectivity index (χ3n) is 1.51. The normalized spacial score (nSPS) is 7.26. The second kappa shape index (κ2) is 21.6. The molecule has 1 rings (SSSR count). The Hall–Kier alpha value is -1.68. The highest BCUT2D eigenvalue weighted by Crippen LogP contribution is 1.79. The van der Waals surface area contributed by atoms with E-state index < -0.39 is 0 Å². The monoisotopic (exact) mass is 270 g/mol. The molecule has 0 heterocycles. The van der Waals surface area contributed by atoms with Crippen molar-refractivity contribution in [1.29, 1.82) is 0 Å². The van der Waals surface area contributed by atoms with E-state index in [2.05, 4.69) is 4.74 Å². The molecular weight excluding hydrogens is 244 g/mol. The van der Waals surface area contributed by atoms with Crippen LogP contribution in [0.5, 0.6) is 0 Å². The average Bonchev–Trinajstić information content (AvgIpc) is 2.44. The van der Waals surface area contributed by atoms with Gasteiger partial charge in [0.15, 0.2) is 0 Å². The van der Waals surface area contributed by atoms with E-state index in [9.17, 15) is 9.59 Å². The first-order valence-electron chi connectivity index (χ1n) is 6.12. The van der Waals surface area contributed by atoms with E-state index in [1.54, 1.807) is 13.8 Å². The van der Waals surface area contributed by atoms with Crippen molar-refractivity contribution in [1.82, 2.24) is 0 Å². The highest BCUT2D eigenvalue weighted by atomic mass is 16.5. The summed E-state index contributed by atoms with van der Waals surface area (Å²) in [5.41, 5.74) is 0. The fourth-order valence-electron chi connectivity index (χ4n) is 0.588. The molecule has 0 aromatic heterocycles. The summed E-state index contributed by atoms with van der Waals surface area (Å²) in [5, 5.41) is 7.00. The molecule has 0 spiro atoms. The predicted molar refractivity (Wildman–Crippen MR) is 77.9 cm³/mol. The lowest BCUT2D eigenvalue weighted by atomic mass is 10.4. The molecule has 1 N–H and O–H groups in total. The SMILES string of the molecule is CCC(C)=O.CCOC(C)=O.CO.c1ccccc1. The number of ether oxygens (including phenoxy) is 1. The minimum Gasteiger partial charge on any atom is -0.466 e. The lowest BCUT2D eigenvalue weighted by molar-refractivity contribution is -0.140. The Balaban J connectivity index is -0.000000191. The molecule has 4 heteroatoms. The third kappa shape index (κ3) is 38.5. The number of carbonyl (C=O) groups is 2. The van der Waals surface area contributed by atoms with Gasteiger partial charge in [0, 0.05) is 20.5 Å². The van der Waals surface area contributed by atoms with Crippen LogP contribution in [0.4, 0.5) is 0 Å². The van der Waals surface area contributed by atoms with E-state index in [4.69, 9.17) is 5.11 Å². The molecule has 110 valence electrons. The van der Waals surface area contributed by atoms with E-state index in [1.807, 2.05) is 43.3 Å². The fourth-order valence-corrected chi connectivity index (χ4v) is 0.588. The molecule has 0 unspecified atom stereocenters. The summed E-state index contributed by atoms with van der Waals surface area (Å²) in [6.07, 6.45) is 0.667. The first kappa shape index (κ1) is 22.5. The van der Waals surface area contributed by atoms with E-state index in [-0.39, 0.29) is 11.8 Å². The van der Waals surface area contributed by atoms with Crippen LogP contribution in [-0.4, -0.2) is 30.6 Å². The number of ketones is 1. The van der Waals surface area contributed by atoms with Crippen LogP contribution in [-0.2, 0) is 14.3 Å². The molecule has 0 aliphatic carbocycles. The molecule has 0 amide bonds. The number of hydrogen-bond donors (Lipinski definition) is 1. The molecule has 19 heavy (non-hydrogen) atoms. The zero-order chi connectivity index (χ0) is 15.5. The second-order valence-electron chi connectivity index (χ2n) is 3.13. The number of esters is 1. The maximum absolute atomic E-state index is 9.82. The van der Waals surface area contributed by atoms with Crippen molar-refractivity contribution in [3.05, 3.63) is 36.4 Å². The van der Waals surface area contributed by atoms with Gasteiger partial charge < -0.3 is 14.6 Å². The number of hydrogen-bond acceptors (Lipinski definition) is 4. The number of carbonyl (C=O) groups excluding carboxylic acids is 2. The Morgan fingerprint density at radius 3 is 1.21 bits per heavy atom. The van der Waals surface area contributed by atoms with Crippen LogP contribution in [0.3, 0.4) is 0 Å². The van der Waals surface area contributed by atoms with Crippen molar-refractivity contribution < 1.29 is 19.4 Å². The van der Waals surface area contributed by atoms with Gasteiger partial charge in [-0.25, -0.2) is 0 Å². The first-order chi connectivity index (χ1) is 9.04. The number of aliphatic hydroxyl groups is 1. The van der Waals surface area contributed by atoms with Crippen LogP contribution in [0.15, 0.2) is 36.4 Å². The van der Waals surface area contributed by atoms with Crippen LogP contribution < -0.4 is 0 Å². The van der Waals surface area contributed by atoms with Crippen molar-refractivity contribution in [3.63, 3.8) is 0 Å². The van der Waals surface area contributed by atoms with E-state index >= 15 is 0 Å². The largest absolute Gasteiger partial charge is 0.466 e. The van der Waals surface area contributed by atoms with Gasteiger partial charge in [0.2, 0.25) is 0 Å². The fraction of sp³-hybridized carbons (Fsp3) is 0.467. The Morgan fingerprint density at radius 1 is 0.895 bits per heavy atom. The van der Waals surface area contributed by atoms with E-state index in [0.29, 0.717) is 13.0 Å². The van der Waals surface area contributed by atoms with Gasteiger partial charge in [-0.15, -0.1) is 0 Å². The Kier molecular flexibility index (Phi) is 25.6. The maximum Gasteiger partial charge on any atom is 0.302 e. The quantitative estimate of drug-likeness (QED) is 0.839. The van der Waals surface area contributed by atoms with Crippen LogP contribution >= 0.6 is 0 Å². The summed E-state index contributed by atoms with van der Waals surface area (Å²) in [4.78, 5) is 19.6. The van der Waals surface area contributed by atoms with Crippen molar-refractivity contribution in [2.24, 2.45) is 0 Å². The molecule has 1 aromatic carbocycles. The van der Waals surface area contributed by atoms with Crippen LogP contribution in [0.2, 0.25) is 0 Å². The summed E-state index contributed by atoms with van der Waals surface area (Å²) in [6.45, 7) is 7.09. The van der Waals surface area contributed by atoms with Crippen molar-refractivity contribution >= 4 is 11.8 Å². The van der Waals surface area contributed by atoms with Gasteiger partial charge in [-0.05, 0) is 13.8 Å². The molecule has 0 atom stereocenters. The third-order valence-corrected chi connectivity index (χ3v) is 1.51. The molecule has 0 aliphatic heterocycles. The lowest BCUT2D eigenvalue weighted by Gasteiger charge is -1.89. The van der Waals surface area contributed by atoms with Crippen LogP contribution in [0, 0.1) is 0 Å². The minimum atomic E-state index is -0.211. The van der Waals surface area contributed by atoms with Crippen molar-refractivity contribution in [3.8, 4) is 0 Å². The Labute approximate surface area is 116 Å². The topological polar surface area (TPSA) is 63.6 Å². The molecule has 0 saturated heterocycles. The summed E-state index contributed by atoms with van der Waals surface area (Å²) in [5.74, 6) is 0.0440. The van der Waals surface area contributed by atoms with Gasteiger partial charge in [-0.1, -0.05) is 43.3 Å². The van der Waals surface area contributed by atoms with Gasteiger partial charge in [0.1, 0.15) is 5.78 Å². The number of Topliss-reactive ketones (excluding diaryl/α,β-unsaturated/α-hetero) is 1. The number of benzene rings is 1. The smallest absolute Gasteiger partial charge is 0.302 e. The zero-order valence-corrected chi connectivity index (χ0v) is 12.6. The molecule has 0 bridgehead atoms. The molecule has 0 fully saturated rings. The second-order valence-corrected chi connectivity index (χ2v) is 3.13. The van der Waals surface area contributed by atoms with Crippen molar-refractivity contribution in [2.45, 2.75) is 34.1 Å². The zero-order valence-electron chi connectivity index (χ0n) is 12.6. The summed E-state index contributed by atoms with van der Waals surface area (Å²) >= 11 is 0. The summed E-state index contributed by atoms with van der Waals surface area (Å²) in [7, 11) is 1.00. The highest BCUT2D eigenvalue weighted by molar-refractivity contribution is 5.74. The van der Waals surface area contributed by atoms with Gasteiger partial charge in [0.05, 0.1) is 6.61 Å². The molecule has 1 aromatic rings. The van der Waals surface area contributed by atoms with E-state index in [1.165, 1.54) is 6.92 Å². The van der Waals surface area contributed by atoms with E-state index in [0.717, 1.165) is 7.11 Å². The van der Waals surface area contributed by atoms with Crippen LogP contribution in [0.1, 0.15) is 34.1 Å². The first-order valence-corrected chi connectivity index (χ1v) is 6.12. The summed E-state index contributed by atoms with van der Waals surface area (Å²) in [6, 6.07) is 12.0. The Bertz CT molecular complexity index is 257. The van der Waals surface area contributed by atoms with Gasteiger partial charge in [-0.3, -0.25) is 4.79 Å². The molecule has 0 radical (unpaired) electrons. The van der Waals surface area contributed by atoms with Gasteiger partial charge >= 0.3 is 5.97 Å². The maximum atomic E-state index is 9.82. The number of aliphatic hydroxyl groups excluding tert-OH is 1. The molecule has 4 nitrogen and oxygen atoms in total. The lowest BCUT2D eigenvalue weighted by Crippen LogP contribution is -1.95. The molecular formula is C15H26O4. The minimum absolute atomic E-state index is 0.211. The summed E-state index contributed by atoms with van der Waals surface area (Å²) < 4.78 is 4.40. The van der Waals surface area contributed by atoms with Crippen molar-refractivity contribution in [2.75, 3.05) is 13.7 Å². The standard InChI is InChI=1S/C6H6.C4H8O2.C4H8O.CH4O/c1-2-4-6-5-3-1;1-3-6-4(2)5;1-3-4(2)5;1-2/h1-6H;3H2,1-2H3;3H2,1-2H3;2H,1H3. The average molecular weight is 270 g/mol. The van der Waals surface area contributed by atoms with Crippen LogP contribution in [0.25, 0.3) is 0 Å². The number of rotatable bonds is 2. The predicted octanol–water partition coefficient (Wildman–Crippen LogP) is 2.85. The molecule has 0 saturated carbocycles. The Morgan fingerprint density at radius 2 is 1.16 bits per heavy atom. The molecule has 0 aliphatic rings. The van der Waals surface area contributed by atoms with Gasteiger partial charge in [0.25, 0.3) is 0 Å². The highest BCUT2D eigenvalue weighted by Gasteiger charge is 1.81. The van der Waals surface area contributed by atoms with Gasteiger partial charge in [-0.2, -0.15) is 0 Å².